The molecule has 16 heteroatoms. The van der Waals surface area contributed by atoms with Crippen LogP contribution in [0.15, 0.2) is 24.3 Å². The molecule has 0 aromatic rings. The van der Waals surface area contributed by atoms with Gasteiger partial charge in [0.05, 0.1) is 54.7 Å². The summed E-state index contributed by atoms with van der Waals surface area (Å²) < 4.78 is 50.0. The molecule has 4 N–H and O–H groups in total. The molecule has 59 heavy (non-hydrogen) atoms. The Labute approximate surface area is 351 Å². The number of nitrogens with zero attached hydrogens (tertiary/aromatic N) is 2. The number of methoxy groups -OCH3 is 1. The van der Waals surface area contributed by atoms with Crippen LogP contribution in [0, 0.1) is 11.8 Å². The minimum absolute atomic E-state index is 0.00885. The highest BCUT2D eigenvalue weighted by Crippen LogP contribution is 2.37. The number of carbonyl (C=O) groups excluding carboxylic acids is 2. The Hall–Kier alpha value is -1.90. The fraction of sp³-hybridized carbons (Fsp3) is 0.860. The van der Waals surface area contributed by atoms with Crippen molar-refractivity contribution in [3.05, 3.63) is 24.3 Å². The lowest BCUT2D eigenvalue weighted by molar-refractivity contribution is -0.344. The molecule has 16 nitrogen and oxygen atoms in total. The van der Waals surface area contributed by atoms with Gasteiger partial charge < -0.3 is 72.9 Å². The molecule has 0 aromatic heterocycles. The van der Waals surface area contributed by atoms with E-state index in [1.807, 2.05) is 52.2 Å². The van der Waals surface area contributed by atoms with E-state index in [4.69, 9.17) is 37.9 Å². The first-order chi connectivity index (χ1) is 27.8. The number of carbonyl (C=O) groups is 2. The number of aliphatic hydroxyl groups is 4. The van der Waals surface area contributed by atoms with Crippen LogP contribution in [0.2, 0.25) is 0 Å². The molecule has 0 amide bonds. The Morgan fingerprint density at radius 1 is 0.864 bits per heavy atom. The van der Waals surface area contributed by atoms with E-state index >= 15 is 0 Å². The number of ether oxygens (including phenoxy) is 8. The van der Waals surface area contributed by atoms with Crippen molar-refractivity contribution >= 4 is 12.3 Å². The molecule has 4 heterocycles. The van der Waals surface area contributed by atoms with Gasteiger partial charge in [-0.3, -0.25) is 4.79 Å². The number of hydrogen-bond acceptors (Lipinski definition) is 16. The Morgan fingerprint density at radius 3 is 2.17 bits per heavy atom. The standard InChI is InChI=1S/C43H74N2O14/c1-24-21-29(19-20-46)39(59-42-37(49)36(45(9)10)38(27(4)56-42)58-35-23-43(6,51)41(50)28(5)55-35)40(52-11)31(47)22-33(48)53-25(2)15-13-12-14-16-32(24)57-34-18-17-30(44(7)8)26(3)54-34/h12-14,16,20,24-32,34-42,47,49-51H,15,17-19,21-23H2,1-11H3/b13-12-,16-14-/t24-,25-,26-,27-,28+,29+,30+,31-,32+,34+,35+,36-,37-,38-,39+,40+,41+,42+,43-/m1/s1. The molecule has 3 fully saturated rings. The Morgan fingerprint density at radius 2 is 1.56 bits per heavy atom. The van der Waals surface area contributed by atoms with Crippen molar-refractivity contribution < 1.29 is 67.9 Å². The second-order valence-electron chi connectivity index (χ2n) is 17.8. The summed E-state index contributed by atoms with van der Waals surface area (Å²) in [6.45, 7) is 10.8. The summed E-state index contributed by atoms with van der Waals surface area (Å²) in [4.78, 5) is 29.5. The summed E-state index contributed by atoms with van der Waals surface area (Å²) in [6.07, 6.45) is -1.56. The topological polar surface area (TPSA) is 195 Å². The van der Waals surface area contributed by atoms with Gasteiger partial charge in [0, 0.05) is 32.4 Å². The first-order valence-electron chi connectivity index (χ1n) is 21.3. The van der Waals surface area contributed by atoms with E-state index in [0.29, 0.717) is 19.3 Å². The second-order valence-corrected chi connectivity index (χ2v) is 17.8. The molecule has 4 rings (SSSR count). The van der Waals surface area contributed by atoms with Crippen LogP contribution >= 0.6 is 0 Å². The van der Waals surface area contributed by atoms with Crippen molar-refractivity contribution in [1.29, 1.82) is 0 Å². The van der Waals surface area contributed by atoms with Crippen molar-refractivity contribution in [1.82, 2.24) is 9.80 Å². The summed E-state index contributed by atoms with van der Waals surface area (Å²) in [7, 11) is 9.03. The highest BCUT2D eigenvalue weighted by molar-refractivity contribution is 5.70. The normalized spacial score (nSPS) is 45.8. The van der Waals surface area contributed by atoms with Crippen molar-refractivity contribution in [3.8, 4) is 0 Å². The largest absolute Gasteiger partial charge is 0.462 e. The minimum Gasteiger partial charge on any atom is -0.462 e. The van der Waals surface area contributed by atoms with Crippen LogP contribution in [0.3, 0.4) is 0 Å². The summed E-state index contributed by atoms with van der Waals surface area (Å²) in [5.74, 6) is -1.47. The van der Waals surface area contributed by atoms with Crippen LogP contribution in [0.4, 0.5) is 0 Å². The average Bonchev–Trinajstić information content (AvgIpc) is 3.13. The van der Waals surface area contributed by atoms with Gasteiger partial charge in [-0.15, -0.1) is 0 Å². The molecule has 0 spiro atoms. The first-order valence-corrected chi connectivity index (χ1v) is 21.3. The molecule has 0 aliphatic carbocycles. The second kappa shape index (κ2) is 22.5. The monoisotopic (exact) mass is 843 g/mol. The van der Waals surface area contributed by atoms with E-state index < -0.39 is 110 Å². The van der Waals surface area contributed by atoms with Crippen LogP contribution in [-0.2, 0) is 47.5 Å². The highest BCUT2D eigenvalue weighted by Gasteiger charge is 2.52. The zero-order valence-corrected chi connectivity index (χ0v) is 37.0. The molecule has 19 atom stereocenters. The smallest absolute Gasteiger partial charge is 0.308 e. The maximum absolute atomic E-state index is 13.1. The summed E-state index contributed by atoms with van der Waals surface area (Å²) in [5.41, 5.74) is -1.47. The van der Waals surface area contributed by atoms with E-state index in [0.717, 1.165) is 12.7 Å². The fourth-order valence-corrected chi connectivity index (χ4v) is 9.10. The minimum atomic E-state index is -1.47. The molecular weight excluding hydrogens is 768 g/mol. The van der Waals surface area contributed by atoms with Crippen LogP contribution in [-0.4, -0.2) is 181 Å². The third-order valence-corrected chi connectivity index (χ3v) is 12.4. The van der Waals surface area contributed by atoms with E-state index in [9.17, 15) is 30.0 Å². The van der Waals surface area contributed by atoms with E-state index in [1.165, 1.54) is 14.0 Å². The zero-order chi connectivity index (χ0) is 43.8. The van der Waals surface area contributed by atoms with Gasteiger partial charge in [-0.1, -0.05) is 31.2 Å². The summed E-state index contributed by atoms with van der Waals surface area (Å²) >= 11 is 0. The summed E-state index contributed by atoms with van der Waals surface area (Å²) in [6, 6.07) is -0.466. The van der Waals surface area contributed by atoms with E-state index in [-0.39, 0.29) is 30.9 Å². The maximum Gasteiger partial charge on any atom is 0.308 e. The van der Waals surface area contributed by atoms with Crippen molar-refractivity contribution in [2.75, 3.05) is 35.3 Å². The van der Waals surface area contributed by atoms with Gasteiger partial charge in [0.15, 0.2) is 18.9 Å². The molecule has 3 saturated heterocycles. The maximum atomic E-state index is 13.1. The van der Waals surface area contributed by atoms with Crippen LogP contribution in [0.25, 0.3) is 0 Å². The van der Waals surface area contributed by atoms with Gasteiger partial charge in [-0.05, 0) is 93.9 Å². The molecule has 4 aliphatic heterocycles. The zero-order valence-electron chi connectivity index (χ0n) is 37.0. The average molecular weight is 843 g/mol. The van der Waals surface area contributed by atoms with Crippen LogP contribution in [0.1, 0.15) is 86.5 Å². The molecule has 0 bridgehead atoms. The predicted octanol–water partition coefficient (Wildman–Crippen LogP) is 2.33. The molecule has 4 aliphatic rings. The number of aldehydes is 1. The number of esters is 1. The number of likely N-dealkylation sites (N-methyl/N-ethyl adjacent to an activating group) is 2. The lowest BCUT2D eigenvalue weighted by Gasteiger charge is -2.50. The van der Waals surface area contributed by atoms with Crippen molar-refractivity contribution in [2.24, 2.45) is 11.8 Å². The molecule has 340 valence electrons. The lowest BCUT2D eigenvalue weighted by Crippen LogP contribution is -2.65. The van der Waals surface area contributed by atoms with E-state index in [2.05, 4.69) is 4.90 Å². The third kappa shape index (κ3) is 13.3. The molecule has 0 saturated carbocycles. The quantitative estimate of drug-likeness (QED) is 0.175. The fourth-order valence-electron chi connectivity index (χ4n) is 9.10. The van der Waals surface area contributed by atoms with Gasteiger partial charge in [0.1, 0.15) is 36.8 Å². The third-order valence-electron chi connectivity index (χ3n) is 12.4. The number of hydrogen-bond donors (Lipinski definition) is 4. The molecule has 0 radical (unpaired) electrons. The number of aliphatic hydroxyl groups excluding tert-OH is 3. The SMILES string of the molecule is CO[C@@H]1[C@@H](O[C@@H]2O[C@H](C)[C@@H](O[C@H]3C[C@@](C)(O)[C@@H](O)[C@H](C)O3)[C@H](N(C)C)[C@H]2O)[C@@H](CC=O)C[C@@H](C)[C@@H](O[C@H]2CC[C@H](N(C)C)[C@@H](C)O2)/C=C\C=C/C[C@@H](C)OC(=O)C[C@H]1O. The number of cyclic esters (lactones) is 1. The highest BCUT2D eigenvalue weighted by atomic mass is 16.7. The van der Waals surface area contributed by atoms with Crippen LogP contribution < -0.4 is 0 Å². The van der Waals surface area contributed by atoms with Gasteiger partial charge in [0.2, 0.25) is 0 Å². The molecule has 0 aromatic carbocycles. The summed E-state index contributed by atoms with van der Waals surface area (Å²) in [5, 5.41) is 45.1. The predicted molar refractivity (Wildman–Crippen MR) is 217 cm³/mol. The van der Waals surface area contributed by atoms with Gasteiger partial charge in [-0.2, -0.15) is 0 Å². The van der Waals surface area contributed by atoms with Gasteiger partial charge in [-0.25, -0.2) is 0 Å². The number of allylic oxidation sites excluding steroid dienone is 2. The number of rotatable bonds is 11. The Bertz CT molecular complexity index is 1370. The Balaban J connectivity index is 1.66. The lowest BCUT2D eigenvalue weighted by atomic mass is 9.82. The van der Waals surface area contributed by atoms with E-state index in [1.54, 1.807) is 39.8 Å². The van der Waals surface area contributed by atoms with Crippen molar-refractivity contribution in [2.45, 2.75) is 190 Å². The first kappa shape index (κ1) is 49.8. The van der Waals surface area contributed by atoms with Gasteiger partial charge >= 0.3 is 5.97 Å². The van der Waals surface area contributed by atoms with Crippen LogP contribution in [0.5, 0.6) is 0 Å². The molecular formula is C43H74N2O14. The van der Waals surface area contributed by atoms with Gasteiger partial charge in [0.25, 0.3) is 0 Å². The Kier molecular flexibility index (Phi) is 18.9. The van der Waals surface area contributed by atoms with Crippen molar-refractivity contribution in [3.63, 3.8) is 0 Å². The molecule has 0 unspecified atom stereocenters.